The van der Waals surface area contributed by atoms with Crippen molar-refractivity contribution in [2.45, 2.75) is 25.8 Å². The first-order valence-corrected chi connectivity index (χ1v) is 9.10. The molecule has 1 aromatic carbocycles. The number of rotatable bonds is 8. The summed E-state index contributed by atoms with van der Waals surface area (Å²) >= 11 is 0. The molecule has 0 atom stereocenters. The summed E-state index contributed by atoms with van der Waals surface area (Å²) in [7, 11) is 1.66. The molecule has 0 unspecified atom stereocenters. The van der Waals surface area contributed by atoms with Crippen molar-refractivity contribution in [1.29, 1.82) is 0 Å². The quantitative estimate of drug-likeness (QED) is 0.551. The van der Waals surface area contributed by atoms with E-state index in [4.69, 9.17) is 4.74 Å². The van der Waals surface area contributed by atoms with Crippen LogP contribution in [0.5, 0.6) is 5.88 Å². The van der Waals surface area contributed by atoms with Crippen LogP contribution in [0.2, 0.25) is 0 Å². The van der Waals surface area contributed by atoms with Crippen LogP contribution in [0.15, 0.2) is 41.5 Å². The number of guanidine groups is 1. The Hall–Kier alpha value is -2.70. The molecule has 7 heteroatoms. The predicted octanol–water partition coefficient (Wildman–Crippen LogP) is 3.06. The smallest absolute Gasteiger partial charge is 0.213 e. The van der Waals surface area contributed by atoms with Gasteiger partial charge in [-0.1, -0.05) is 0 Å². The minimum Gasteiger partial charge on any atom is -0.477 e. The van der Waals surface area contributed by atoms with Crippen LogP contribution in [0.4, 0.5) is 8.78 Å². The van der Waals surface area contributed by atoms with E-state index in [2.05, 4.69) is 20.6 Å². The number of aliphatic imine (C=N–C) groups is 1. The molecule has 0 bridgehead atoms. The van der Waals surface area contributed by atoms with Gasteiger partial charge in [-0.15, -0.1) is 0 Å². The molecule has 1 fully saturated rings. The van der Waals surface area contributed by atoms with Crippen molar-refractivity contribution < 1.29 is 13.5 Å². The van der Waals surface area contributed by atoms with E-state index in [0.717, 1.165) is 24.3 Å². The summed E-state index contributed by atoms with van der Waals surface area (Å²) in [5.74, 6) is 1.05. The molecule has 2 N–H and O–H groups in total. The summed E-state index contributed by atoms with van der Waals surface area (Å²) in [5.41, 5.74) is 1.36. The first-order chi connectivity index (χ1) is 13.1. The number of aromatic nitrogens is 1. The first kappa shape index (κ1) is 19.1. The Balaban J connectivity index is 1.44. The topological polar surface area (TPSA) is 58.5 Å². The zero-order chi connectivity index (χ0) is 19.1. The van der Waals surface area contributed by atoms with E-state index in [1.165, 1.54) is 18.9 Å². The van der Waals surface area contributed by atoms with E-state index >= 15 is 0 Å². The van der Waals surface area contributed by atoms with Crippen molar-refractivity contribution in [3.8, 4) is 5.88 Å². The van der Waals surface area contributed by atoms with Gasteiger partial charge < -0.3 is 15.4 Å². The fraction of sp³-hybridized carbons (Fsp3) is 0.400. The van der Waals surface area contributed by atoms with Crippen LogP contribution >= 0.6 is 0 Å². The van der Waals surface area contributed by atoms with Gasteiger partial charge in [-0.2, -0.15) is 0 Å². The molecule has 144 valence electrons. The molecular weight excluding hydrogens is 350 g/mol. The van der Waals surface area contributed by atoms with Crippen molar-refractivity contribution in [2.24, 2.45) is 10.9 Å². The van der Waals surface area contributed by atoms with Crippen LogP contribution in [0, 0.1) is 17.6 Å². The molecule has 27 heavy (non-hydrogen) atoms. The Morgan fingerprint density at radius 3 is 2.85 bits per heavy atom. The molecule has 0 aliphatic heterocycles. The summed E-state index contributed by atoms with van der Waals surface area (Å²) in [6.45, 7) is 1.71. The molecule has 1 heterocycles. The SMILES string of the molecule is CN=C(NCCc1cc(F)ccc1F)NCc1ccnc(OCC2CC2)c1. The normalized spacial score (nSPS) is 14.1. The second-order valence-electron chi connectivity index (χ2n) is 6.59. The van der Waals surface area contributed by atoms with E-state index in [1.807, 2.05) is 12.1 Å². The number of hydrogen-bond acceptors (Lipinski definition) is 3. The lowest BCUT2D eigenvalue weighted by molar-refractivity contribution is 0.288. The van der Waals surface area contributed by atoms with Crippen molar-refractivity contribution in [3.63, 3.8) is 0 Å². The molecule has 2 aromatic rings. The molecule has 0 saturated heterocycles. The number of nitrogens with one attached hydrogen (secondary N) is 2. The van der Waals surface area contributed by atoms with E-state index < -0.39 is 11.6 Å². The number of nitrogens with zero attached hydrogens (tertiary/aromatic N) is 2. The number of ether oxygens (including phenoxy) is 1. The van der Waals surface area contributed by atoms with Crippen LogP contribution in [-0.2, 0) is 13.0 Å². The van der Waals surface area contributed by atoms with Gasteiger partial charge in [0.1, 0.15) is 11.6 Å². The fourth-order valence-electron chi connectivity index (χ4n) is 2.58. The largest absolute Gasteiger partial charge is 0.477 e. The minimum absolute atomic E-state index is 0.338. The van der Waals surface area contributed by atoms with Gasteiger partial charge in [0.2, 0.25) is 5.88 Å². The fourth-order valence-corrected chi connectivity index (χ4v) is 2.58. The van der Waals surface area contributed by atoms with Crippen molar-refractivity contribution >= 4 is 5.96 Å². The molecule has 0 amide bonds. The Labute approximate surface area is 157 Å². The van der Waals surface area contributed by atoms with Crippen molar-refractivity contribution in [1.82, 2.24) is 15.6 Å². The van der Waals surface area contributed by atoms with Gasteiger partial charge in [0.15, 0.2) is 5.96 Å². The van der Waals surface area contributed by atoms with Crippen LogP contribution < -0.4 is 15.4 Å². The van der Waals surface area contributed by atoms with Crippen molar-refractivity contribution in [3.05, 3.63) is 59.3 Å². The van der Waals surface area contributed by atoms with Gasteiger partial charge in [-0.25, -0.2) is 13.8 Å². The van der Waals surface area contributed by atoms with Crippen LogP contribution in [0.1, 0.15) is 24.0 Å². The number of hydrogen-bond donors (Lipinski definition) is 2. The van der Waals surface area contributed by atoms with Gasteiger partial charge in [-0.3, -0.25) is 4.99 Å². The molecule has 1 aliphatic carbocycles. The number of pyridine rings is 1. The lowest BCUT2D eigenvalue weighted by atomic mass is 10.1. The third-order valence-corrected chi connectivity index (χ3v) is 4.34. The highest BCUT2D eigenvalue weighted by atomic mass is 19.1. The minimum atomic E-state index is -0.439. The van der Waals surface area contributed by atoms with Gasteiger partial charge >= 0.3 is 0 Å². The average Bonchev–Trinajstić information content (AvgIpc) is 3.50. The monoisotopic (exact) mass is 374 g/mol. The highest BCUT2D eigenvalue weighted by molar-refractivity contribution is 5.79. The number of halogens is 2. The zero-order valence-corrected chi connectivity index (χ0v) is 15.3. The Morgan fingerprint density at radius 2 is 2.07 bits per heavy atom. The average molecular weight is 374 g/mol. The summed E-state index contributed by atoms with van der Waals surface area (Å²) in [4.78, 5) is 8.37. The van der Waals surface area contributed by atoms with Crippen LogP contribution in [0.3, 0.4) is 0 Å². The van der Waals surface area contributed by atoms with Gasteiger partial charge in [0.25, 0.3) is 0 Å². The standard InChI is InChI=1S/C20H24F2N4O/c1-23-20(25-9-7-16-11-17(21)4-5-18(16)22)26-12-15-6-8-24-19(10-15)27-13-14-2-3-14/h4-6,8,10-11,14H,2-3,7,9,12-13H2,1H3,(H2,23,25,26). The van der Waals surface area contributed by atoms with Gasteiger partial charge in [0.05, 0.1) is 6.61 Å². The van der Waals surface area contributed by atoms with Crippen LogP contribution in [-0.4, -0.2) is 31.1 Å². The summed E-state index contributed by atoms with van der Waals surface area (Å²) in [6, 6.07) is 7.29. The molecule has 1 saturated carbocycles. The summed E-state index contributed by atoms with van der Waals surface area (Å²) in [5, 5.41) is 6.29. The third-order valence-electron chi connectivity index (χ3n) is 4.34. The van der Waals surface area contributed by atoms with E-state index in [1.54, 1.807) is 13.2 Å². The number of benzene rings is 1. The second kappa shape index (κ2) is 9.30. The van der Waals surface area contributed by atoms with Gasteiger partial charge in [0, 0.05) is 32.4 Å². The van der Waals surface area contributed by atoms with Gasteiger partial charge in [-0.05, 0) is 60.6 Å². The Bertz CT molecular complexity index is 793. The molecule has 0 radical (unpaired) electrons. The maximum atomic E-state index is 13.6. The Morgan fingerprint density at radius 1 is 1.22 bits per heavy atom. The molecule has 3 rings (SSSR count). The highest BCUT2D eigenvalue weighted by Gasteiger charge is 2.22. The lowest BCUT2D eigenvalue weighted by Crippen LogP contribution is -2.37. The van der Waals surface area contributed by atoms with E-state index in [9.17, 15) is 8.78 Å². The van der Waals surface area contributed by atoms with E-state index in [0.29, 0.717) is 42.8 Å². The lowest BCUT2D eigenvalue weighted by Gasteiger charge is -2.13. The highest BCUT2D eigenvalue weighted by Crippen LogP contribution is 2.29. The molecule has 1 aromatic heterocycles. The van der Waals surface area contributed by atoms with E-state index in [-0.39, 0.29) is 0 Å². The third kappa shape index (κ3) is 6.20. The first-order valence-electron chi connectivity index (χ1n) is 9.10. The second-order valence-corrected chi connectivity index (χ2v) is 6.59. The molecular formula is C20H24F2N4O. The predicted molar refractivity (Wildman–Crippen MR) is 101 cm³/mol. The maximum absolute atomic E-state index is 13.6. The van der Waals surface area contributed by atoms with Crippen molar-refractivity contribution in [2.75, 3.05) is 20.2 Å². The molecule has 0 spiro atoms. The zero-order valence-electron chi connectivity index (χ0n) is 15.3. The summed E-state index contributed by atoms with van der Waals surface area (Å²) in [6.07, 6.45) is 4.56. The molecule has 1 aliphatic rings. The summed E-state index contributed by atoms with van der Waals surface area (Å²) < 4.78 is 32.5. The van der Waals surface area contributed by atoms with Crippen LogP contribution in [0.25, 0.3) is 0 Å². The maximum Gasteiger partial charge on any atom is 0.213 e. The Kier molecular flexibility index (Phi) is 6.57. The molecule has 5 nitrogen and oxygen atoms in total.